The standard InChI is InChI=1S/C20H16ClF3N2O3/c21-13-4-1-8(20(22,23)24)5-14(13)25-15(27)7-26-18(28)16-9-2-3-10(12-6-11(9)12)17(16)19(26)29/h1-5,9-12,16-17H,6-7H2,(H,25,27)/t9-,10-,11-,12-,16-,17-/m1/s1. The number of hydrogen-bond acceptors (Lipinski definition) is 3. The molecule has 0 unspecified atom stereocenters. The minimum atomic E-state index is -4.59. The Kier molecular flexibility index (Phi) is 3.91. The molecule has 3 amide bonds. The Hall–Kier alpha value is -2.35. The lowest BCUT2D eigenvalue weighted by atomic mass is 9.63. The molecule has 1 saturated heterocycles. The first-order valence-electron chi connectivity index (χ1n) is 9.37. The van der Waals surface area contributed by atoms with Gasteiger partial charge < -0.3 is 5.32 Å². The number of imide groups is 1. The number of likely N-dealkylation sites (tertiary alicyclic amines) is 1. The summed E-state index contributed by atoms with van der Waals surface area (Å²) in [5.74, 6) is -1.38. The zero-order valence-corrected chi connectivity index (χ0v) is 15.7. The van der Waals surface area contributed by atoms with Crippen LogP contribution in [0.5, 0.6) is 0 Å². The lowest BCUT2D eigenvalue weighted by Crippen LogP contribution is -2.40. The van der Waals surface area contributed by atoms with Gasteiger partial charge in [-0.05, 0) is 48.3 Å². The molecule has 2 bridgehead atoms. The van der Waals surface area contributed by atoms with Crippen LogP contribution in [-0.4, -0.2) is 29.2 Å². The van der Waals surface area contributed by atoms with Gasteiger partial charge in [-0.3, -0.25) is 19.3 Å². The Balaban J connectivity index is 1.32. The molecule has 6 atom stereocenters. The molecule has 1 aliphatic heterocycles. The first kappa shape index (κ1) is 18.7. The Labute approximate surface area is 168 Å². The monoisotopic (exact) mass is 424 g/mol. The summed E-state index contributed by atoms with van der Waals surface area (Å²) in [7, 11) is 0. The van der Waals surface area contributed by atoms with Crippen molar-refractivity contribution >= 4 is 35.0 Å². The summed E-state index contributed by atoms with van der Waals surface area (Å²) in [6, 6.07) is 2.58. The van der Waals surface area contributed by atoms with Crippen LogP contribution >= 0.6 is 11.6 Å². The number of amides is 3. The van der Waals surface area contributed by atoms with Crippen molar-refractivity contribution in [2.75, 3.05) is 11.9 Å². The maximum atomic E-state index is 12.9. The summed E-state index contributed by atoms with van der Waals surface area (Å²) >= 11 is 5.89. The highest BCUT2D eigenvalue weighted by Gasteiger charge is 2.67. The van der Waals surface area contributed by atoms with Crippen LogP contribution in [0, 0.1) is 35.5 Å². The first-order chi connectivity index (χ1) is 13.7. The smallest absolute Gasteiger partial charge is 0.323 e. The van der Waals surface area contributed by atoms with E-state index in [0.29, 0.717) is 11.8 Å². The fourth-order valence-electron chi connectivity index (χ4n) is 5.31. The fourth-order valence-corrected chi connectivity index (χ4v) is 5.47. The quantitative estimate of drug-likeness (QED) is 0.597. The van der Waals surface area contributed by atoms with Crippen molar-refractivity contribution < 1.29 is 27.6 Å². The minimum Gasteiger partial charge on any atom is -0.323 e. The molecule has 1 aromatic carbocycles. The van der Waals surface area contributed by atoms with Crippen LogP contribution in [0.2, 0.25) is 5.02 Å². The number of hydrogen-bond donors (Lipinski definition) is 1. The number of nitrogens with zero attached hydrogens (tertiary/aromatic N) is 1. The average molecular weight is 425 g/mol. The highest BCUT2D eigenvalue weighted by atomic mass is 35.5. The summed E-state index contributed by atoms with van der Waals surface area (Å²) in [5.41, 5.74) is -1.18. The molecule has 1 heterocycles. The molecule has 29 heavy (non-hydrogen) atoms. The molecule has 5 aliphatic rings. The van der Waals surface area contributed by atoms with Crippen molar-refractivity contribution in [3.05, 3.63) is 40.9 Å². The molecular weight excluding hydrogens is 409 g/mol. The number of alkyl halides is 3. The van der Waals surface area contributed by atoms with Crippen LogP contribution in [0.3, 0.4) is 0 Å². The van der Waals surface area contributed by atoms with E-state index in [1.165, 1.54) is 0 Å². The molecule has 1 aromatic rings. The van der Waals surface area contributed by atoms with E-state index in [1.807, 2.05) is 12.2 Å². The van der Waals surface area contributed by atoms with Crippen molar-refractivity contribution in [2.24, 2.45) is 35.5 Å². The number of rotatable bonds is 3. The van der Waals surface area contributed by atoms with Gasteiger partial charge in [0, 0.05) is 0 Å². The molecule has 6 rings (SSSR count). The molecule has 4 aliphatic carbocycles. The molecule has 0 radical (unpaired) electrons. The Morgan fingerprint density at radius 3 is 2.24 bits per heavy atom. The van der Waals surface area contributed by atoms with E-state index < -0.39 is 36.0 Å². The summed E-state index contributed by atoms with van der Waals surface area (Å²) in [5, 5.41) is 2.23. The molecule has 0 spiro atoms. The van der Waals surface area contributed by atoms with Gasteiger partial charge in [0.05, 0.1) is 28.1 Å². The second-order valence-corrected chi connectivity index (χ2v) is 8.56. The SMILES string of the molecule is O=C(CN1C(=O)[C@@H]2[C@@H]3C=C[C@H]([C@H]4C[C@H]34)[C@H]2C1=O)Nc1cc(C(F)(F)F)ccc1Cl. The van der Waals surface area contributed by atoms with Gasteiger partial charge in [0.15, 0.2) is 0 Å². The molecule has 152 valence electrons. The van der Waals surface area contributed by atoms with Crippen LogP contribution in [0.25, 0.3) is 0 Å². The number of nitrogens with one attached hydrogen (secondary N) is 1. The molecule has 2 saturated carbocycles. The maximum Gasteiger partial charge on any atom is 0.416 e. The third-order valence-electron chi connectivity index (χ3n) is 6.62. The summed E-state index contributed by atoms with van der Waals surface area (Å²) < 4.78 is 38.7. The van der Waals surface area contributed by atoms with Gasteiger partial charge >= 0.3 is 6.18 Å². The van der Waals surface area contributed by atoms with Gasteiger partial charge in [-0.1, -0.05) is 23.8 Å². The van der Waals surface area contributed by atoms with Gasteiger partial charge in [-0.2, -0.15) is 13.2 Å². The molecule has 0 aromatic heterocycles. The minimum absolute atomic E-state index is 0.0393. The van der Waals surface area contributed by atoms with E-state index in [2.05, 4.69) is 5.32 Å². The normalized spacial score (nSPS) is 34.3. The molecule has 5 nitrogen and oxygen atoms in total. The van der Waals surface area contributed by atoms with Gasteiger partial charge in [-0.15, -0.1) is 0 Å². The highest BCUT2D eigenvalue weighted by molar-refractivity contribution is 6.33. The van der Waals surface area contributed by atoms with Crippen molar-refractivity contribution in [1.29, 1.82) is 0 Å². The zero-order valence-electron chi connectivity index (χ0n) is 14.9. The Morgan fingerprint density at radius 2 is 1.69 bits per heavy atom. The topological polar surface area (TPSA) is 66.5 Å². The number of allylic oxidation sites excluding steroid dienone is 2. The van der Waals surface area contributed by atoms with E-state index in [-0.39, 0.29) is 34.4 Å². The van der Waals surface area contributed by atoms with Crippen LogP contribution in [0.1, 0.15) is 12.0 Å². The van der Waals surface area contributed by atoms with Gasteiger partial charge in [0.2, 0.25) is 17.7 Å². The summed E-state index contributed by atoms with van der Waals surface area (Å²) in [6.07, 6.45) is 0.493. The highest BCUT2D eigenvalue weighted by Crippen LogP contribution is 2.65. The number of benzene rings is 1. The summed E-state index contributed by atoms with van der Waals surface area (Å²) in [4.78, 5) is 39.1. The summed E-state index contributed by atoms with van der Waals surface area (Å²) in [6.45, 7) is -0.536. The average Bonchev–Trinajstić information content (AvgIpc) is 3.44. The number of halogens is 4. The number of carbonyl (C=O) groups excluding carboxylic acids is 3. The zero-order chi connectivity index (χ0) is 20.7. The van der Waals surface area contributed by atoms with Gasteiger partial charge in [0.25, 0.3) is 0 Å². The third kappa shape index (κ3) is 2.79. The van der Waals surface area contributed by atoms with Crippen LogP contribution in [0.4, 0.5) is 18.9 Å². The Morgan fingerprint density at radius 1 is 1.10 bits per heavy atom. The predicted octanol–water partition coefficient (Wildman–Crippen LogP) is 3.35. The fraction of sp³-hybridized carbons (Fsp3) is 0.450. The predicted molar refractivity (Wildman–Crippen MR) is 96.5 cm³/mol. The molecule has 3 fully saturated rings. The van der Waals surface area contributed by atoms with Crippen molar-refractivity contribution in [3.8, 4) is 0 Å². The van der Waals surface area contributed by atoms with E-state index >= 15 is 0 Å². The Bertz CT molecular complexity index is 940. The van der Waals surface area contributed by atoms with Crippen LogP contribution in [0.15, 0.2) is 30.4 Å². The van der Waals surface area contributed by atoms with Gasteiger partial charge in [-0.25, -0.2) is 0 Å². The molecule has 9 heteroatoms. The van der Waals surface area contributed by atoms with Crippen LogP contribution < -0.4 is 5.32 Å². The van der Waals surface area contributed by atoms with E-state index in [1.54, 1.807) is 0 Å². The van der Waals surface area contributed by atoms with E-state index in [4.69, 9.17) is 11.6 Å². The maximum absolute atomic E-state index is 12.9. The van der Waals surface area contributed by atoms with Crippen molar-refractivity contribution in [1.82, 2.24) is 4.90 Å². The number of anilines is 1. The number of carbonyl (C=O) groups is 3. The lowest BCUT2D eigenvalue weighted by molar-refractivity contribution is -0.143. The van der Waals surface area contributed by atoms with Gasteiger partial charge in [0.1, 0.15) is 6.54 Å². The van der Waals surface area contributed by atoms with Crippen LogP contribution in [-0.2, 0) is 20.6 Å². The van der Waals surface area contributed by atoms with E-state index in [9.17, 15) is 27.6 Å². The third-order valence-corrected chi connectivity index (χ3v) is 6.95. The van der Waals surface area contributed by atoms with E-state index in [0.717, 1.165) is 29.5 Å². The largest absolute Gasteiger partial charge is 0.416 e. The van der Waals surface area contributed by atoms with Crippen molar-refractivity contribution in [2.45, 2.75) is 12.6 Å². The molecule has 1 N–H and O–H groups in total. The first-order valence-corrected chi connectivity index (χ1v) is 9.75. The second kappa shape index (κ2) is 6.08. The van der Waals surface area contributed by atoms with Crippen molar-refractivity contribution in [3.63, 3.8) is 0 Å². The lowest BCUT2D eigenvalue weighted by Gasteiger charge is -2.37. The second-order valence-electron chi connectivity index (χ2n) is 8.16. The molecular formula is C20H16ClF3N2O3.